The molecule has 16 heavy (non-hydrogen) atoms. The van der Waals surface area contributed by atoms with E-state index in [0.717, 1.165) is 18.6 Å². The van der Waals surface area contributed by atoms with Gasteiger partial charge in [0, 0.05) is 24.2 Å². The molecular weight excluding hydrogens is 196 g/mol. The van der Waals surface area contributed by atoms with Gasteiger partial charge in [-0.05, 0) is 45.4 Å². The molecule has 2 heteroatoms. The highest BCUT2D eigenvalue weighted by Gasteiger charge is 2.39. The van der Waals surface area contributed by atoms with Gasteiger partial charge in [-0.25, -0.2) is 0 Å². The van der Waals surface area contributed by atoms with Crippen LogP contribution in [0.5, 0.6) is 0 Å². The zero-order valence-corrected chi connectivity index (χ0v) is 12.0. The normalized spacial score (nSPS) is 28.7. The van der Waals surface area contributed by atoms with E-state index < -0.39 is 0 Å². The van der Waals surface area contributed by atoms with Gasteiger partial charge < -0.3 is 5.73 Å². The van der Waals surface area contributed by atoms with Gasteiger partial charge in [0.05, 0.1) is 0 Å². The second kappa shape index (κ2) is 4.66. The summed E-state index contributed by atoms with van der Waals surface area (Å²) >= 11 is 0. The summed E-state index contributed by atoms with van der Waals surface area (Å²) in [6.45, 7) is 14.7. The maximum absolute atomic E-state index is 6.30. The molecule has 0 bridgehead atoms. The maximum Gasteiger partial charge on any atom is 0.0161 e. The second-order valence-electron chi connectivity index (χ2n) is 6.77. The van der Waals surface area contributed by atoms with Crippen LogP contribution in [0.4, 0.5) is 0 Å². The van der Waals surface area contributed by atoms with E-state index >= 15 is 0 Å². The number of rotatable bonds is 4. The van der Waals surface area contributed by atoms with Crippen LogP contribution in [0.1, 0.15) is 60.8 Å². The highest BCUT2D eigenvalue weighted by molar-refractivity contribution is 4.96. The zero-order valence-electron chi connectivity index (χ0n) is 12.0. The van der Waals surface area contributed by atoms with Gasteiger partial charge in [-0.2, -0.15) is 0 Å². The molecular formula is C14H30N2. The fourth-order valence-corrected chi connectivity index (χ4v) is 2.51. The van der Waals surface area contributed by atoms with Crippen molar-refractivity contribution >= 4 is 0 Å². The van der Waals surface area contributed by atoms with Crippen molar-refractivity contribution in [3.8, 4) is 0 Å². The van der Waals surface area contributed by atoms with Gasteiger partial charge in [0.1, 0.15) is 0 Å². The minimum absolute atomic E-state index is 0.117. The quantitative estimate of drug-likeness (QED) is 0.798. The first-order valence-corrected chi connectivity index (χ1v) is 6.73. The summed E-state index contributed by atoms with van der Waals surface area (Å²) in [6.07, 6.45) is 3.98. The monoisotopic (exact) mass is 226 g/mol. The average molecular weight is 226 g/mol. The first-order valence-electron chi connectivity index (χ1n) is 6.73. The number of hydrogen-bond donors (Lipinski definition) is 1. The second-order valence-corrected chi connectivity index (χ2v) is 6.77. The first kappa shape index (κ1) is 14.0. The van der Waals surface area contributed by atoms with Gasteiger partial charge in [-0.15, -0.1) is 0 Å². The van der Waals surface area contributed by atoms with Crippen LogP contribution in [-0.4, -0.2) is 29.1 Å². The molecule has 0 radical (unpaired) electrons. The van der Waals surface area contributed by atoms with Gasteiger partial charge in [-0.1, -0.05) is 20.8 Å². The molecule has 0 aliphatic carbocycles. The number of likely N-dealkylation sites (tertiary alicyclic amines) is 1. The standard InChI is InChI=1S/C14H30N2/c1-7-12-9-8-11(2)16(12)10-13(3,4)14(5,6)15/h11-12H,7-10,15H2,1-6H3. The molecule has 2 unspecified atom stereocenters. The van der Waals surface area contributed by atoms with Gasteiger partial charge in [0.15, 0.2) is 0 Å². The van der Waals surface area contributed by atoms with Crippen LogP contribution >= 0.6 is 0 Å². The molecule has 1 saturated heterocycles. The molecule has 1 aliphatic heterocycles. The molecule has 1 heterocycles. The van der Waals surface area contributed by atoms with Crippen molar-refractivity contribution in [3.63, 3.8) is 0 Å². The summed E-state index contributed by atoms with van der Waals surface area (Å²) < 4.78 is 0. The first-order chi connectivity index (χ1) is 7.19. The van der Waals surface area contributed by atoms with Crippen LogP contribution < -0.4 is 5.73 Å². The van der Waals surface area contributed by atoms with Crippen molar-refractivity contribution in [2.45, 2.75) is 78.4 Å². The molecule has 0 aromatic rings. The SMILES string of the molecule is CCC1CCC(C)N1CC(C)(C)C(C)(C)N. The van der Waals surface area contributed by atoms with Crippen molar-refractivity contribution in [1.29, 1.82) is 0 Å². The summed E-state index contributed by atoms with van der Waals surface area (Å²) in [5, 5.41) is 0. The molecule has 2 nitrogen and oxygen atoms in total. The Morgan fingerprint density at radius 3 is 2.19 bits per heavy atom. The van der Waals surface area contributed by atoms with E-state index in [9.17, 15) is 0 Å². The predicted octanol–water partition coefficient (Wildman–Crippen LogP) is 3.01. The Kier molecular flexibility index (Phi) is 4.07. The number of nitrogens with two attached hydrogens (primary N) is 1. The van der Waals surface area contributed by atoms with Crippen molar-refractivity contribution in [3.05, 3.63) is 0 Å². The fraction of sp³-hybridized carbons (Fsp3) is 1.00. The minimum atomic E-state index is -0.117. The Hall–Kier alpha value is -0.0800. The summed E-state index contributed by atoms with van der Waals surface area (Å²) in [7, 11) is 0. The van der Waals surface area contributed by atoms with E-state index in [-0.39, 0.29) is 11.0 Å². The van der Waals surface area contributed by atoms with E-state index in [1.54, 1.807) is 0 Å². The van der Waals surface area contributed by atoms with Crippen molar-refractivity contribution in [1.82, 2.24) is 4.90 Å². The van der Waals surface area contributed by atoms with Crippen LogP contribution in [0.15, 0.2) is 0 Å². The molecule has 1 rings (SSSR count). The zero-order chi connectivity index (χ0) is 12.6. The molecule has 0 aromatic carbocycles. The van der Waals surface area contributed by atoms with Crippen molar-refractivity contribution in [2.75, 3.05) is 6.54 Å². The Morgan fingerprint density at radius 1 is 1.19 bits per heavy atom. The van der Waals surface area contributed by atoms with Crippen LogP contribution in [0.2, 0.25) is 0 Å². The summed E-state index contributed by atoms with van der Waals surface area (Å²) in [4.78, 5) is 2.68. The number of hydrogen-bond acceptors (Lipinski definition) is 2. The fourth-order valence-electron chi connectivity index (χ4n) is 2.51. The average Bonchev–Trinajstić information content (AvgIpc) is 2.45. The Morgan fingerprint density at radius 2 is 1.75 bits per heavy atom. The highest BCUT2D eigenvalue weighted by Crippen LogP contribution is 2.34. The Bertz CT molecular complexity index is 227. The molecule has 2 N–H and O–H groups in total. The van der Waals surface area contributed by atoms with Gasteiger partial charge in [-0.3, -0.25) is 4.90 Å². The van der Waals surface area contributed by atoms with E-state index in [1.165, 1.54) is 19.3 Å². The highest BCUT2D eigenvalue weighted by atomic mass is 15.2. The molecule has 0 amide bonds. The van der Waals surface area contributed by atoms with Crippen LogP contribution in [0.25, 0.3) is 0 Å². The van der Waals surface area contributed by atoms with Crippen molar-refractivity contribution < 1.29 is 0 Å². The largest absolute Gasteiger partial charge is 0.325 e. The Labute approximate surface area is 102 Å². The lowest BCUT2D eigenvalue weighted by atomic mass is 9.74. The third-order valence-corrected chi connectivity index (χ3v) is 4.75. The third kappa shape index (κ3) is 2.78. The van der Waals surface area contributed by atoms with Crippen LogP contribution in [-0.2, 0) is 0 Å². The van der Waals surface area contributed by atoms with E-state index in [4.69, 9.17) is 5.73 Å². The lowest BCUT2D eigenvalue weighted by Gasteiger charge is -2.44. The predicted molar refractivity (Wildman–Crippen MR) is 71.5 cm³/mol. The van der Waals surface area contributed by atoms with Crippen LogP contribution in [0.3, 0.4) is 0 Å². The maximum atomic E-state index is 6.30. The summed E-state index contributed by atoms with van der Waals surface area (Å²) in [6, 6.07) is 1.50. The van der Waals surface area contributed by atoms with Crippen LogP contribution in [0, 0.1) is 5.41 Å². The van der Waals surface area contributed by atoms with E-state index in [1.807, 2.05) is 0 Å². The molecule has 0 aromatic heterocycles. The van der Waals surface area contributed by atoms with E-state index in [2.05, 4.69) is 46.4 Å². The molecule has 96 valence electrons. The van der Waals surface area contributed by atoms with Gasteiger partial charge in [0.2, 0.25) is 0 Å². The van der Waals surface area contributed by atoms with E-state index in [0.29, 0.717) is 0 Å². The van der Waals surface area contributed by atoms with Gasteiger partial charge in [0.25, 0.3) is 0 Å². The lowest BCUT2D eigenvalue weighted by molar-refractivity contribution is 0.0819. The summed E-state index contributed by atoms with van der Waals surface area (Å²) in [5.41, 5.74) is 6.35. The minimum Gasteiger partial charge on any atom is -0.325 e. The Balaban J connectivity index is 2.72. The smallest absolute Gasteiger partial charge is 0.0161 e. The molecule has 0 spiro atoms. The van der Waals surface area contributed by atoms with Crippen molar-refractivity contribution in [2.24, 2.45) is 11.1 Å². The lowest BCUT2D eigenvalue weighted by Crippen LogP contribution is -2.54. The van der Waals surface area contributed by atoms with Gasteiger partial charge >= 0.3 is 0 Å². The topological polar surface area (TPSA) is 29.3 Å². The molecule has 0 saturated carbocycles. The molecule has 2 atom stereocenters. The molecule has 1 aliphatic rings. The number of nitrogens with zero attached hydrogens (tertiary/aromatic N) is 1. The summed E-state index contributed by atoms with van der Waals surface area (Å²) in [5.74, 6) is 0. The molecule has 1 fully saturated rings. The third-order valence-electron chi connectivity index (χ3n) is 4.75.